The third-order valence-corrected chi connectivity index (χ3v) is 5.41. The number of amides is 1. The van der Waals surface area contributed by atoms with Crippen molar-refractivity contribution < 1.29 is 23.1 Å². The standard InChI is InChI=1S/C25H25F3N4O2/c1-16(2)22(13-33)32(15-34)14-30-23-17(3)11-21(31-24(23)19-5-4-10-29-12-19)18-6-8-20(9-7-18)25(26,27)28/h4-12,14-16,22,33H,13H2,1-3H3/b30-14-. The van der Waals surface area contributed by atoms with Crippen LogP contribution in [0.3, 0.4) is 0 Å². The van der Waals surface area contributed by atoms with E-state index < -0.39 is 17.8 Å². The molecule has 1 amide bonds. The van der Waals surface area contributed by atoms with E-state index in [4.69, 9.17) is 0 Å². The Morgan fingerprint density at radius 2 is 1.85 bits per heavy atom. The van der Waals surface area contributed by atoms with Crippen LogP contribution in [0.25, 0.3) is 22.5 Å². The fraction of sp³-hybridized carbons (Fsp3) is 0.280. The Balaban J connectivity index is 2.10. The Kier molecular flexibility index (Phi) is 7.78. The van der Waals surface area contributed by atoms with Gasteiger partial charge in [0.05, 0.1) is 41.6 Å². The summed E-state index contributed by atoms with van der Waals surface area (Å²) >= 11 is 0. The summed E-state index contributed by atoms with van der Waals surface area (Å²) in [5.74, 6) is 0.000659. The summed E-state index contributed by atoms with van der Waals surface area (Å²) in [5, 5.41) is 9.66. The second-order valence-corrected chi connectivity index (χ2v) is 8.13. The number of carbonyl (C=O) groups excluding carboxylic acids is 1. The average molecular weight is 470 g/mol. The number of alkyl halides is 3. The molecule has 0 saturated carbocycles. The minimum Gasteiger partial charge on any atom is -0.394 e. The highest BCUT2D eigenvalue weighted by molar-refractivity contribution is 5.82. The number of carbonyl (C=O) groups is 1. The van der Waals surface area contributed by atoms with Gasteiger partial charge in [-0.1, -0.05) is 26.0 Å². The van der Waals surface area contributed by atoms with Crippen LogP contribution in [0.15, 0.2) is 59.9 Å². The molecule has 0 saturated heterocycles. The van der Waals surface area contributed by atoms with E-state index in [-0.39, 0.29) is 12.5 Å². The van der Waals surface area contributed by atoms with E-state index in [9.17, 15) is 23.1 Å². The maximum absolute atomic E-state index is 13.0. The van der Waals surface area contributed by atoms with Crippen LogP contribution in [0.5, 0.6) is 0 Å². The first-order chi connectivity index (χ1) is 16.2. The lowest BCUT2D eigenvalue weighted by molar-refractivity contribution is -0.137. The molecule has 2 heterocycles. The predicted molar refractivity (Wildman–Crippen MR) is 124 cm³/mol. The van der Waals surface area contributed by atoms with Crippen LogP contribution < -0.4 is 0 Å². The fourth-order valence-corrected chi connectivity index (χ4v) is 3.48. The van der Waals surface area contributed by atoms with Gasteiger partial charge in [-0.3, -0.25) is 14.7 Å². The van der Waals surface area contributed by atoms with E-state index in [0.717, 1.165) is 12.1 Å². The number of pyridine rings is 2. The first-order valence-corrected chi connectivity index (χ1v) is 10.6. The maximum Gasteiger partial charge on any atom is 0.416 e. The number of nitrogens with zero attached hydrogens (tertiary/aromatic N) is 4. The van der Waals surface area contributed by atoms with Crippen molar-refractivity contribution in [3.63, 3.8) is 0 Å². The van der Waals surface area contributed by atoms with Crippen molar-refractivity contribution in [3.8, 4) is 22.5 Å². The Hall–Kier alpha value is -3.59. The minimum absolute atomic E-state index is 0.000659. The summed E-state index contributed by atoms with van der Waals surface area (Å²) in [7, 11) is 0. The second-order valence-electron chi connectivity index (χ2n) is 8.13. The molecule has 0 aliphatic carbocycles. The summed E-state index contributed by atoms with van der Waals surface area (Å²) in [6.45, 7) is 5.36. The molecule has 34 heavy (non-hydrogen) atoms. The molecule has 9 heteroatoms. The normalized spacial score (nSPS) is 12.8. The van der Waals surface area contributed by atoms with Gasteiger partial charge in [0.1, 0.15) is 0 Å². The van der Waals surface area contributed by atoms with Crippen LogP contribution in [0.4, 0.5) is 18.9 Å². The van der Waals surface area contributed by atoms with Gasteiger partial charge in [0.2, 0.25) is 6.41 Å². The van der Waals surface area contributed by atoms with E-state index in [1.165, 1.54) is 23.4 Å². The minimum atomic E-state index is -4.42. The largest absolute Gasteiger partial charge is 0.416 e. The van der Waals surface area contributed by atoms with Gasteiger partial charge in [0.25, 0.3) is 0 Å². The molecule has 0 aliphatic rings. The van der Waals surface area contributed by atoms with Crippen LogP contribution in [-0.4, -0.2) is 45.4 Å². The molecule has 0 bridgehead atoms. The Morgan fingerprint density at radius 3 is 2.38 bits per heavy atom. The van der Waals surface area contributed by atoms with E-state index in [1.54, 1.807) is 37.5 Å². The maximum atomic E-state index is 13.0. The Bertz CT molecular complexity index is 1150. The Labute approximate surface area is 195 Å². The van der Waals surface area contributed by atoms with Crippen LogP contribution in [0.1, 0.15) is 25.0 Å². The molecule has 3 aromatic rings. The highest BCUT2D eigenvalue weighted by Crippen LogP contribution is 2.36. The number of aliphatic hydroxyl groups excluding tert-OH is 1. The predicted octanol–water partition coefficient (Wildman–Crippen LogP) is 5.27. The van der Waals surface area contributed by atoms with Crippen LogP contribution in [0.2, 0.25) is 0 Å². The molecule has 2 aromatic heterocycles. The summed E-state index contributed by atoms with van der Waals surface area (Å²) in [6, 6.07) is 9.62. The smallest absolute Gasteiger partial charge is 0.394 e. The number of aryl methyl sites for hydroxylation is 1. The van der Waals surface area contributed by atoms with Crippen molar-refractivity contribution in [2.24, 2.45) is 10.9 Å². The zero-order valence-electron chi connectivity index (χ0n) is 19.0. The van der Waals surface area contributed by atoms with Gasteiger partial charge in [-0.15, -0.1) is 0 Å². The third kappa shape index (κ3) is 5.66. The number of halogens is 3. The van der Waals surface area contributed by atoms with Crippen molar-refractivity contribution in [2.45, 2.75) is 33.0 Å². The van der Waals surface area contributed by atoms with Gasteiger partial charge < -0.3 is 5.11 Å². The van der Waals surface area contributed by atoms with E-state index in [0.29, 0.717) is 40.2 Å². The van der Waals surface area contributed by atoms with Crippen molar-refractivity contribution in [3.05, 3.63) is 66.0 Å². The first-order valence-electron chi connectivity index (χ1n) is 10.6. The summed E-state index contributed by atoms with van der Waals surface area (Å²) in [6.07, 6.45) is 0.762. The van der Waals surface area contributed by atoms with Crippen molar-refractivity contribution in [2.75, 3.05) is 6.61 Å². The van der Waals surface area contributed by atoms with Gasteiger partial charge in [-0.25, -0.2) is 9.98 Å². The van der Waals surface area contributed by atoms with Gasteiger partial charge in [-0.2, -0.15) is 13.2 Å². The van der Waals surface area contributed by atoms with E-state index >= 15 is 0 Å². The average Bonchev–Trinajstić information content (AvgIpc) is 2.81. The zero-order chi connectivity index (χ0) is 24.9. The number of aliphatic hydroxyl groups is 1. The van der Waals surface area contributed by atoms with Gasteiger partial charge >= 0.3 is 6.18 Å². The summed E-state index contributed by atoms with van der Waals surface area (Å²) in [5.41, 5.74) is 2.58. The number of aromatic nitrogens is 2. The van der Waals surface area contributed by atoms with Crippen molar-refractivity contribution in [1.82, 2.24) is 14.9 Å². The quantitative estimate of drug-likeness (QED) is 0.276. The zero-order valence-corrected chi connectivity index (χ0v) is 19.0. The molecular formula is C25H25F3N4O2. The fourth-order valence-electron chi connectivity index (χ4n) is 3.48. The molecule has 1 aromatic carbocycles. The molecule has 0 radical (unpaired) electrons. The molecule has 0 spiro atoms. The molecule has 178 valence electrons. The molecule has 6 nitrogen and oxygen atoms in total. The van der Waals surface area contributed by atoms with Gasteiger partial charge in [0, 0.05) is 23.5 Å². The molecular weight excluding hydrogens is 445 g/mol. The molecule has 0 aliphatic heterocycles. The number of hydrogen-bond donors (Lipinski definition) is 1. The van der Waals surface area contributed by atoms with E-state index in [2.05, 4.69) is 15.0 Å². The summed E-state index contributed by atoms with van der Waals surface area (Å²) in [4.78, 5) is 26.2. The highest BCUT2D eigenvalue weighted by Gasteiger charge is 2.30. The molecule has 3 rings (SSSR count). The SMILES string of the molecule is Cc1cc(-c2ccc(C(F)(F)F)cc2)nc(-c2cccnc2)c1/N=C\N(C=O)C(CO)C(C)C. The number of benzene rings is 1. The highest BCUT2D eigenvalue weighted by atomic mass is 19.4. The molecule has 1 N–H and O–H groups in total. The second kappa shape index (κ2) is 10.6. The lowest BCUT2D eigenvalue weighted by Crippen LogP contribution is -2.39. The van der Waals surface area contributed by atoms with Crippen molar-refractivity contribution >= 4 is 18.4 Å². The lowest BCUT2D eigenvalue weighted by Gasteiger charge is -2.26. The number of aliphatic imine (C=N–C) groups is 1. The van der Waals surface area contributed by atoms with Gasteiger partial charge in [0.15, 0.2) is 0 Å². The van der Waals surface area contributed by atoms with Gasteiger partial charge in [-0.05, 0) is 48.7 Å². The van der Waals surface area contributed by atoms with Crippen molar-refractivity contribution in [1.29, 1.82) is 0 Å². The Morgan fingerprint density at radius 1 is 1.15 bits per heavy atom. The molecule has 1 unspecified atom stereocenters. The van der Waals surface area contributed by atoms with Crippen LogP contribution in [-0.2, 0) is 11.0 Å². The summed E-state index contributed by atoms with van der Waals surface area (Å²) < 4.78 is 38.9. The topological polar surface area (TPSA) is 78.7 Å². The van der Waals surface area contributed by atoms with Crippen LogP contribution in [0, 0.1) is 12.8 Å². The van der Waals surface area contributed by atoms with Crippen LogP contribution >= 0.6 is 0 Å². The lowest BCUT2D eigenvalue weighted by atomic mass is 10.0. The first kappa shape index (κ1) is 25.0. The number of hydrogen-bond acceptors (Lipinski definition) is 5. The van der Waals surface area contributed by atoms with E-state index in [1.807, 2.05) is 13.8 Å². The monoisotopic (exact) mass is 470 g/mol. The number of rotatable bonds is 8. The molecule has 0 fully saturated rings. The molecule has 1 atom stereocenters. The third-order valence-electron chi connectivity index (χ3n) is 5.41.